The van der Waals surface area contributed by atoms with Crippen molar-refractivity contribution in [3.05, 3.63) is 44.1 Å². The molecule has 1 aliphatic heterocycles. The molecule has 0 amide bonds. The van der Waals surface area contributed by atoms with Crippen molar-refractivity contribution in [3.63, 3.8) is 0 Å². The summed E-state index contributed by atoms with van der Waals surface area (Å²) in [6, 6.07) is 0. The molecule has 1 aromatic rings. The normalized spacial score (nSPS) is 18.5. The second kappa shape index (κ2) is 11.5. The standard InChI is InChI=1S/C26H41NO4/c1-6-7-11-14-22(27(29)30)15-12-9-8-10-13-17-26(5)18-16-23-21(4)24(28)19(2)20(3)25(23)31-26/h15,28H,6-14,16-18H2,1-5H3/b22-15-. The quantitative estimate of drug-likeness (QED) is 0.211. The Morgan fingerprint density at radius 3 is 2.48 bits per heavy atom. The summed E-state index contributed by atoms with van der Waals surface area (Å²) in [7, 11) is 0. The molecule has 174 valence electrons. The molecule has 0 bridgehead atoms. The SMILES string of the molecule is CCCCC/C(=C/CCCCCCC1(C)CCc2c(C)c(O)c(C)c(C)c2O1)[N+](=O)[O-]. The number of hydrogen-bond donors (Lipinski definition) is 1. The van der Waals surface area contributed by atoms with Crippen LogP contribution in [0.15, 0.2) is 11.8 Å². The lowest BCUT2D eigenvalue weighted by Crippen LogP contribution is -2.37. The fourth-order valence-electron chi connectivity index (χ4n) is 4.56. The molecule has 0 fully saturated rings. The highest BCUT2D eigenvalue weighted by atomic mass is 16.6. The zero-order chi connectivity index (χ0) is 23.0. The number of phenolic OH excluding ortho intramolecular Hbond substituents is 1. The molecule has 0 aliphatic carbocycles. The highest BCUT2D eigenvalue weighted by molar-refractivity contribution is 5.58. The minimum atomic E-state index is -0.208. The van der Waals surface area contributed by atoms with Crippen molar-refractivity contribution in [2.24, 2.45) is 0 Å². The zero-order valence-electron chi connectivity index (χ0n) is 20.2. The van der Waals surface area contributed by atoms with Gasteiger partial charge < -0.3 is 9.84 Å². The maximum absolute atomic E-state index is 11.2. The summed E-state index contributed by atoms with van der Waals surface area (Å²) in [5.41, 5.74) is 4.31. The van der Waals surface area contributed by atoms with Crippen LogP contribution in [0, 0.1) is 30.9 Å². The van der Waals surface area contributed by atoms with Gasteiger partial charge in [-0.3, -0.25) is 10.1 Å². The molecule has 5 nitrogen and oxygen atoms in total. The van der Waals surface area contributed by atoms with E-state index in [1.165, 1.54) is 0 Å². The molecule has 1 heterocycles. The summed E-state index contributed by atoms with van der Waals surface area (Å²) in [6.07, 6.45) is 13.5. The lowest BCUT2D eigenvalue weighted by atomic mass is 9.84. The molecular weight excluding hydrogens is 390 g/mol. The summed E-state index contributed by atoms with van der Waals surface area (Å²) in [4.78, 5) is 10.9. The third kappa shape index (κ3) is 6.72. The Balaban J connectivity index is 1.78. The van der Waals surface area contributed by atoms with Crippen LogP contribution in [-0.2, 0) is 6.42 Å². The molecule has 31 heavy (non-hydrogen) atoms. The number of phenols is 1. The monoisotopic (exact) mass is 431 g/mol. The summed E-state index contributed by atoms with van der Waals surface area (Å²) < 4.78 is 6.50. The van der Waals surface area contributed by atoms with Gasteiger partial charge in [0.15, 0.2) is 0 Å². The number of benzene rings is 1. The highest BCUT2D eigenvalue weighted by Gasteiger charge is 2.34. The van der Waals surface area contributed by atoms with Gasteiger partial charge in [0.05, 0.1) is 4.92 Å². The fraction of sp³-hybridized carbons (Fsp3) is 0.692. The van der Waals surface area contributed by atoms with Gasteiger partial charge in [-0.25, -0.2) is 0 Å². The lowest BCUT2D eigenvalue weighted by molar-refractivity contribution is -0.428. The number of aromatic hydroxyl groups is 1. The van der Waals surface area contributed by atoms with Crippen LogP contribution in [0.2, 0.25) is 0 Å². The first kappa shape index (κ1) is 25.2. The molecule has 1 N–H and O–H groups in total. The predicted octanol–water partition coefficient (Wildman–Crippen LogP) is 7.48. The molecule has 5 heteroatoms. The van der Waals surface area contributed by atoms with E-state index in [-0.39, 0.29) is 10.5 Å². The van der Waals surface area contributed by atoms with E-state index < -0.39 is 0 Å². The molecule has 1 atom stereocenters. The number of hydrogen-bond acceptors (Lipinski definition) is 4. The number of unbranched alkanes of at least 4 members (excludes halogenated alkanes) is 6. The van der Waals surface area contributed by atoms with Crippen molar-refractivity contribution in [1.29, 1.82) is 0 Å². The van der Waals surface area contributed by atoms with Gasteiger partial charge in [-0.05, 0) is 95.4 Å². The van der Waals surface area contributed by atoms with Crippen LogP contribution >= 0.6 is 0 Å². The Kier molecular flexibility index (Phi) is 9.39. The molecular formula is C26H41NO4. The van der Waals surface area contributed by atoms with Gasteiger partial charge in [0.25, 0.3) is 0 Å². The smallest absolute Gasteiger partial charge is 0.242 e. The number of fused-ring (bicyclic) bond motifs is 1. The number of rotatable bonds is 12. The third-order valence-corrected chi connectivity index (χ3v) is 6.90. The van der Waals surface area contributed by atoms with E-state index in [1.807, 2.05) is 26.8 Å². The van der Waals surface area contributed by atoms with Crippen LogP contribution in [0.1, 0.15) is 107 Å². The van der Waals surface area contributed by atoms with Gasteiger partial charge in [-0.15, -0.1) is 0 Å². The van der Waals surface area contributed by atoms with E-state index in [4.69, 9.17) is 4.74 Å². The van der Waals surface area contributed by atoms with E-state index in [9.17, 15) is 15.2 Å². The van der Waals surface area contributed by atoms with Gasteiger partial charge >= 0.3 is 0 Å². The number of allylic oxidation sites excluding steroid dienone is 2. The van der Waals surface area contributed by atoms with Crippen LogP contribution < -0.4 is 4.74 Å². The summed E-state index contributed by atoms with van der Waals surface area (Å²) in [5, 5.41) is 21.5. The zero-order valence-corrected chi connectivity index (χ0v) is 20.2. The van der Waals surface area contributed by atoms with Crippen LogP contribution in [0.4, 0.5) is 0 Å². The third-order valence-electron chi connectivity index (χ3n) is 6.90. The van der Waals surface area contributed by atoms with E-state index in [1.54, 1.807) is 0 Å². The molecule has 0 spiro atoms. The van der Waals surface area contributed by atoms with E-state index in [2.05, 4.69) is 13.8 Å². The summed E-state index contributed by atoms with van der Waals surface area (Å²) >= 11 is 0. The Bertz CT molecular complexity index is 799. The van der Waals surface area contributed by atoms with E-state index >= 15 is 0 Å². The van der Waals surface area contributed by atoms with Crippen molar-refractivity contribution in [2.75, 3.05) is 0 Å². The first-order valence-corrected chi connectivity index (χ1v) is 12.0. The Morgan fingerprint density at radius 2 is 1.81 bits per heavy atom. The van der Waals surface area contributed by atoms with Crippen LogP contribution in [-0.4, -0.2) is 15.6 Å². The van der Waals surface area contributed by atoms with Crippen LogP contribution in [0.3, 0.4) is 0 Å². The average molecular weight is 432 g/mol. The molecule has 0 radical (unpaired) electrons. The first-order valence-electron chi connectivity index (χ1n) is 12.0. The summed E-state index contributed by atoms with van der Waals surface area (Å²) in [6.45, 7) is 10.3. The molecule has 0 saturated carbocycles. The molecule has 1 aromatic carbocycles. The molecule has 1 unspecified atom stereocenters. The van der Waals surface area contributed by atoms with Crippen molar-refractivity contribution in [3.8, 4) is 11.5 Å². The minimum absolute atomic E-state index is 0.161. The Morgan fingerprint density at radius 1 is 1.10 bits per heavy atom. The number of nitro groups is 1. The Labute approximate surface area is 188 Å². The van der Waals surface area contributed by atoms with Gasteiger partial charge in [-0.1, -0.05) is 32.6 Å². The second-order valence-electron chi connectivity index (χ2n) is 9.45. The molecule has 2 rings (SSSR count). The maximum atomic E-state index is 11.2. The van der Waals surface area contributed by atoms with Gasteiger partial charge in [-0.2, -0.15) is 0 Å². The summed E-state index contributed by atoms with van der Waals surface area (Å²) in [5.74, 6) is 1.38. The molecule has 1 aliphatic rings. The van der Waals surface area contributed by atoms with Crippen molar-refractivity contribution >= 4 is 0 Å². The van der Waals surface area contributed by atoms with Gasteiger partial charge in [0, 0.05) is 12.0 Å². The van der Waals surface area contributed by atoms with Crippen molar-refractivity contribution in [2.45, 2.75) is 117 Å². The molecule has 0 aromatic heterocycles. The minimum Gasteiger partial charge on any atom is -0.507 e. The Hall–Kier alpha value is -2.04. The van der Waals surface area contributed by atoms with Crippen molar-refractivity contribution in [1.82, 2.24) is 0 Å². The van der Waals surface area contributed by atoms with Crippen LogP contribution in [0.5, 0.6) is 11.5 Å². The first-order chi connectivity index (χ1) is 14.7. The van der Waals surface area contributed by atoms with Gasteiger partial charge in [0.2, 0.25) is 5.70 Å². The fourth-order valence-corrected chi connectivity index (χ4v) is 4.56. The largest absolute Gasteiger partial charge is 0.507 e. The van der Waals surface area contributed by atoms with Gasteiger partial charge in [0.1, 0.15) is 17.1 Å². The highest BCUT2D eigenvalue weighted by Crippen LogP contribution is 2.44. The van der Waals surface area contributed by atoms with E-state index in [0.29, 0.717) is 17.9 Å². The average Bonchev–Trinajstić information content (AvgIpc) is 2.74. The van der Waals surface area contributed by atoms with Crippen molar-refractivity contribution < 1.29 is 14.8 Å². The van der Waals surface area contributed by atoms with Crippen LogP contribution in [0.25, 0.3) is 0 Å². The number of ether oxygens (including phenoxy) is 1. The van der Waals surface area contributed by atoms with E-state index in [0.717, 1.165) is 98.6 Å². The second-order valence-corrected chi connectivity index (χ2v) is 9.45. The molecule has 0 saturated heterocycles. The number of nitrogens with zero attached hydrogens (tertiary/aromatic N) is 1. The lowest BCUT2D eigenvalue weighted by Gasteiger charge is -2.38. The predicted molar refractivity (Wildman–Crippen MR) is 127 cm³/mol. The topological polar surface area (TPSA) is 72.6 Å². The maximum Gasteiger partial charge on any atom is 0.242 e.